The van der Waals surface area contributed by atoms with Gasteiger partial charge in [0.2, 0.25) is 5.91 Å². The van der Waals surface area contributed by atoms with Crippen molar-refractivity contribution in [1.82, 2.24) is 4.90 Å². The topological polar surface area (TPSA) is 29.5 Å². The molecule has 1 amide bonds. The van der Waals surface area contributed by atoms with Crippen LogP contribution in [-0.2, 0) is 11.3 Å². The fourth-order valence-corrected chi connectivity index (χ4v) is 2.79. The largest absolute Gasteiger partial charge is 0.497 e. The van der Waals surface area contributed by atoms with E-state index in [-0.39, 0.29) is 11.8 Å². The van der Waals surface area contributed by atoms with Crippen molar-refractivity contribution >= 4 is 17.5 Å². The third kappa shape index (κ3) is 3.63. The molecule has 0 N–H and O–H groups in total. The summed E-state index contributed by atoms with van der Waals surface area (Å²) in [5.41, 5.74) is 1.12. The van der Waals surface area contributed by atoms with Gasteiger partial charge in [-0.1, -0.05) is 25.0 Å². The molecule has 0 atom stereocenters. The number of ether oxygens (including phenoxy) is 1. The van der Waals surface area contributed by atoms with E-state index >= 15 is 0 Å². The molecular formula is C15H20ClNO2. The monoisotopic (exact) mass is 281 g/mol. The number of carbonyl (C=O) groups is 1. The third-order valence-corrected chi connectivity index (χ3v) is 3.94. The Morgan fingerprint density at radius 3 is 2.47 bits per heavy atom. The summed E-state index contributed by atoms with van der Waals surface area (Å²) < 4.78 is 5.14. The van der Waals surface area contributed by atoms with E-state index in [4.69, 9.17) is 16.3 Å². The summed E-state index contributed by atoms with van der Waals surface area (Å²) in [6.07, 6.45) is 4.61. The zero-order valence-electron chi connectivity index (χ0n) is 11.3. The fourth-order valence-electron chi connectivity index (χ4n) is 2.64. The number of nitrogens with zero attached hydrogens (tertiary/aromatic N) is 1. The van der Waals surface area contributed by atoms with Crippen molar-refractivity contribution in [2.75, 3.05) is 13.0 Å². The summed E-state index contributed by atoms with van der Waals surface area (Å²) in [4.78, 5) is 13.9. The second-order valence-corrected chi connectivity index (χ2v) is 5.21. The molecule has 1 aliphatic rings. The Morgan fingerprint density at radius 2 is 1.95 bits per heavy atom. The Hall–Kier alpha value is -1.22. The van der Waals surface area contributed by atoms with Crippen LogP contribution in [0.2, 0.25) is 0 Å². The molecule has 1 aliphatic carbocycles. The summed E-state index contributed by atoms with van der Waals surface area (Å²) in [5, 5.41) is 0. The molecule has 1 saturated carbocycles. The van der Waals surface area contributed by atoms with Gasteiger partial charge in [0, 0.05) is 12.6 Å². The predicted molar refractivity (Wildman–Crippen MR) is 76.5 cm³/mol. The molecular weight excluding hydrogens is 262 g/mol. The zero-order chi connectivity index (χ0) is 13.7. The molecule has 19 heavy (non-hydrogen) atoms. The molecule has 0 aromatic heterocycles. The number of methoxy groups -OCH3 is 1. The van der Waals surface area contributed by atoms with Crippen LogP contribution in [0.25, 0.3) is 0 Å². The molecule has 1 fully saturated rings. The molecule has 1 aromatic carbocycles. The summed E-state index contributed by atoms with van der Waals surface area (Å²) in [6.45, 7) is 0.639. The molecule has 0 heterocycles. The second-order valence-electron chi connectivity index (χ2n) is 4.94. The number of benzene rings is 1. The fraction of sp³-hybridized carbons (Fsp3) is 0.533. The van der Waals surface area contributed by atoms with Gasteiger partial charge in [-0.25, -0.2) is 0 Å². The summed E-state index contributed by atoms with van der Waals surface area (Å²) >= 11 is 5.73. The Morgan fingerprint density at radius 1 is 1.32 bits per heavy atom. The third-order valence-electron chi connectivity index (χ3n) is 3.71. The van der Waals surface area contributed by atoms with Crippen LogP contribution in [0.3, 0.4) is 0 Å². The quantitative estimate of drug-likeness (QED) is 0.776. The van der Waals surface area contributed by atoms with Crippen LogP contribution in [-0.4, -0.2) is 29.8 Å². The number of hydrogen-bond donors (Lipinski definition) is 0. The second kappa shape index (κ2) is 6.80. The average molecular weight is 282 g/mol. The van der Waals surface area contributed by atoms with Gasteiger partial charge in [0.1, 0.15) is 11.6 Å². The standard InChI is InChI=1S/C15H20ClNO2/c1-19-14-8-6-12(7-9-14)11-17(15(18)10-16)13-4-2-3-5-13/h6-9,13H,2-5,10-11H2,1H3. The lowest BCUT2D eigenvalue weighted by molar-refractivity contribution is -0.131. The highest BCUT2D eigenvalue weighted by Crippen LogP contribution is 2.25. The molecule has 1 aromatic rings. The highest BCUT2D eigenvalue weighted by atomic mass is 35.5. The highest BCUT2D eigenvalue weighted by molar-refractivity contribution is 6.27. The van der Waals surface area contributed by atoms with E-state index < -0.39 is 0 Å². The van der Waals surface area contributed by atoms with E-state index in [1.807, 2.05) is 29.2 Å². The number of halogens is 1. The van der Waals surface area contributed by atoms with Crippen molar-refractivity contribution in [2.45, 2.75) is 38.3 Å². The first-order valence-corrected chi connectivity index (χ1v) is 7.26. The molecule has 0 spiro atoms. The first kappa shape index (κ1) is 14.2. The highest BCUT2D eigenvalue weighted by Gasteiger charge is 2.26. The van der Waals surface area contributed by atoms with Gasteiger partial charge < -0.3 is 9.64 Å². The molecule has 104 valence electrons. The summed E-state index contributed by atoms with van der Waals surface area (Å²) in [5.74, 6) is 0.927. The van der Waals surface area contributed by atoms with Gasteiger partial charge in [-0.2, -0.15) is 0 Å². The SMILES string of the molecule is COc1ccc(CN(C(=O)CCl)C2CCCC2)cc1. The van der Waals surface area contributed by atoms with Crippen LogP contribution >= 0.6 is 11.6 Å². The van der Waals surface area contributed by atoms with Gasteiger partial charge in [-0.15, -0.1) is 11.6 Å². The van der Waals surface area contributed by atoms with Crippen molar-refractivity contribution in [1.29, 1.82) is 0 Å². The van der Waals surface area contributed by atoms with Gasteiger partial charge >= 0.3 is 0 Å². The normalized spacial score (nSPS) is 15.5. The molecule has 4 heteroatoms. The van der Waals surface area contributed by atoms with Gasteiger partial charge in [0.15, 0.2) is 0 Å². The molecule has 0 radical (unpaired) electrons. The van der Waals surface area contributed by atoms with E-state index in [1.165, 1.54) is 12.8 Å². The number of alkyl halides is 1. The Bertz CT molecular complexity index is 413. The predicted octanol–water partition coefficient (Wildman–Crippen LogP) is 3.21. The van der Waals surface area contributed by atoms with E-state index in [0.29, 0.717) is 12.6 Å². The first-order chi connectivity index (χ1) is 9.24. The van der Waals surface area contributed by atoms with Gasteiger partial charge in [0.25, 0.3) is 0 Å². The molecule has 0 bridgehead atoms. The van der Waals surface area contributed by atoms with Gasteiger partial charge in [-0.3, -0.25) is 4.79 Å². The van der Waals surface area contributed by atoms with E-state index in [1.54, 1.807) is 7.11 Å². The number of rotatable bonds is 5. The smallest absolute Gasteiger partial charge is 0.238 e. The first-order valence-electron chi connectivity index (χ1n) is 6.73. The maximum absolute atomic E-state index is 12.0. The van der Waals surface area contributed by atoms with Crippen LogP contribution in [0.4, 0.5) is 0 Å². The molecule has 0 saturated heterocycles. The lowest BCUT2D eigenvalue weighted by Crippen LogP contribution is -2.39. The number of carbonyl (C=O) groups excluding carboxylic acids is 1. The Kier molecular flexibility index (Phi) is 5.08. The van der Waals surface area contributed by atoms with Crippen LogP contribution in [0.1, 0.15) is 31.2 Å². The maximum Gasteiger partial charge on any atom is 0.238 e. The molecule has 2 rings (SSSR count). The molecule has 0 aliphatic heterocycles. The van der Waals surface area contributed by atoms with Crippen molar-refractivity contribution in [3.8, 4) is 5.75 Å². The van der Waals surface area contributed by atoms with E-state index in [2.05, 4.69) is 0 Å². The van der Waals surface area contributed by atoms with Crippen molar-refractivity contribution in [3.05, 3.63) is 29.8 Å². The van der Waals surface area contributed by atoms with Crippen LogP contribution in [0, 0.1) is 0 Å². The lowest BCUT2D eigenvalue weighted by Gasteiger charge is -2.28. The lowest BCUT2D eigenvalue weighted by atomic mass is 10.1. The van der Waals surface area contributed by atoms with Crippen LogP contribution in [0.15, 0.2) is 24.3 Å². The van der Waals surface area contributed by atoms with E-state index in [0.717, 1.165) is 24.2 Å². The summed E-state index contributed by atoms with van der Waals surface area (Å²) in [7, 11) is 1.65. The average Bonchev–Trinajstić information content (AvgIpc) is 2.98. The number of amides is 1. The Labute approximate surface area is 119 Å². The van der Waals surface area contributed by atoms with Gasteiger partial charge in [-0.05, 0) is 30.5 Å². The van der Waals surface area contributed by atoms with Crippen molar-refractivity contribution < 1.29 is 9.53 Å². The summed E-state index contributed by atoms with van der Waals surface area (Å²) in [6, 6.07) is 8.21. The van der Waals surface area contributed by atoms with Crippen LogP contribution in [0.5, 0.6) is 5.75 Å². The maximum atomic E-state index is 12.0. The van der Waals surface area contributed by atoms with Gasteiger partial charge in [0.05, 0.1) is 7.11 Å². The van der Waals surface area contributed by atoms with E-state index in [9.17, 15) is 4.79 Å². The minimum atomic E-state index is 0.0318. The minimum absolute atomic E-state index is 0.0318. The van der Waals surface area contributed by atoms with Crippen molar-refractivity contribution in [3.63, 3.8) is 0 Å². The minimum Gasteiger partial charge on any atom is -0.497 e. The molecule has 3 nitrogen and oxygen atoms in total. The van der Waals surface area contributed by atoms with Crippen molar-refractivity contribution in [2.24, 2.45) is 0 Å². The van der Waals surface area contributed by atoms with Crippen LogP contribution < -0.4 is 4.74 Å². The zero-order valence-corrected chi connectivity index (χ0v) is 12.0. The number of hydrogen-bond acceptors (Lipinski definition) is 2. The Balaban J connectivity index is 2.07. The molecule has 0 unspecified atom stereocenters.